The van der Waals surface area contributed by atoms with Crippen LogP contribution in [0.1, 0.15) is 42.9 Å². The highest BCUT2D eigenvalue weighted by Gasteiger charge is 2.32. The van der Waals surface area contributed by atoms with E-state index in [1.807, 2.05) is 24.3 Å². The highest BCUT2D eigenvalue weighted by Crippen LogP contribution is 2.35. The van der Waals surface area contributed by atoms with Gasteiger partial charge in [0.15, 0.2) is 0 Å². The third-order valence-electron chi connectivity index (χ3n) is 6.87. The number of nitrogens with one attached hydrogen (secondary N) is 2. The van der Waals surface area contributed by atoms with Crippen LogP contribution in [0.3, 0.4) is 0 Å². The van der Waals surface area contributed by atoms with Crippen LogP contribution in [-0.4, -0.2) is 29.7 Å². The maximum Gasteiger partial charge on any atom is 0.127 e. The predicted octanol–water partition coefficient (Wildman–Crippen LogP) is 6.02. The van der Waals surface area contributed by atoms with E-state index in [2.05, 4.69) is 46.0 Å². The lowest BCUT2D eigenvalue weighted by molar-refractivity contribution is 0.0455. The van der Waals surface area contributed by atoms with Gasteiger partial charge < -0.3 is 15.4 Å². The van der Waals surface area contributed by atoms with Gasteiger partial charge in [0.2, 0.25) is 0 Å². The summed E-state index contributed by atoms with van der Waals surface area (Å²) in [5.41, 5.74) is 3.92. The van der Waals surface area contributed by atoms with Crippen molar-refractivity contribution in [3.05, 3.63) is 70.9 Å². The van der Waals surface area contributed by atoms with Gasteiger partial charge in [-0.1, -0.05) is 41.9 Å². The molecule has 6 nitrogen and oxygen atoms in total. The molecule has 2 aliphatic rings. The predicted molar refractivity (Wildman–Crippen MR) is 135 cm³/mol. The highest BCUT2D eigenvalue weighted by atomic mass is 35.5. The lowest BCUT2D eigenvalue weighted by atomic mass is 9.82. The van der Waals surface area contributed by atoms with Crippen molar-refractivity contribution in [2.75, 3.05) is 30.4 Å². The Hall–Kier alpha value is -3.14. The first-order valence-electron chi connectivity index (χ1n) is 11.9. The third-order valence-corrected chi connectivity index (χ3v) is 7.17. The summed E-state index contributed by atoms with van der Waals surface area (Å²) in [4.78, 5) is 9.32. The second-order valence-corrected chi connectivity index (χ2v) is 9.51. The number of benzene rings is 1. The highest BCUT2D eigenvalue weighted by molar-refractivity contribution is 6.33. The Balaban J connectivity index is 1.34. The van der Waals surface area contributed by atoms with Gasteiger partial charge in [-0.2, -0.15) is 5.26 Å². The normalized spacial score (nSPS) is 19.0. The van der Waals surface area contributed by atoms with Gasteiger partial charge in [0.05, 0.1) is 28.2 Å². The first-order valence-corrected chi connectivity index (χ1v) is 12.2. The maximum absolute atomic E-state index is 9.72. The molecule has 0 amide bonds. The topological polar surface area (TPSA) is 82.9 Å². The number of aryl methyl sites for hydroxylation is 1. The molecule has 1 aliphatic heterocycles. The van der Waals surface area contributed by atoms with E-state index in [-0.39, 0.29) is 6.04 Å². The van der Waals surface area contributed by atoms with Crippen molar-refractivity contribution in [1.82, 2.24) is 9.97 Å². The van der Waals surface area contributed by atoms with E-state index in [9.17, 15) is 5.26 Å². The number of hydrogen-bond donors (Lipinski definition) is 2. The molecular weight excluding hydrogens is 446 g/mol. The van der Waals surface area contributed by atoms with Crippen LogP contribution in [0.2, 0.25) is 5.02 Å². The van der Waals surface area contributed by atoms with E-state index >= 15 is 0 Å². The number of rotatable bonds is 6. The number of halogens is 1. The van der Waals surface area contributed by atoms with Crippen molar-refractivity contribution in [1.29, 1.82) is 5.26 Å². The zero-order valence-electron chi connectivity index (χ0n) is 19.1. The Morgan fingerprint density at radius 2 is 1.97 bits per heavy atom. The zero-order chi connectivity index (χ0) is 23.4. The Labute approximate surface area is 205 Å². The maximum atomic E-state index is 9.72. The number of fused-ring (bicyclic) bond motifs is 1. The Morgan fingerprint density at radius 1 is 1.12 bits per heavy atom. The number of pyridine rings is 2. The summed E-state index contributed by atoms with van der Waals surface area (Å²) in [6.07, 6.45) is 6.48. The van der Waals surface area contributed by atoms with Crippen molar-refractivity contribution in [3.63, 3.8) is 0 Å². The molecule has 34 heavy (non-hydrogen) atoms. The molecule has 0 saturated carbocycles. The Bertz CT molecular complexity index is 1200. The number of nitriles is 1. The summed E-state index contributed by atoms with van der Waals surface area (Å²) in [5.74, 6) is 1.51. The standard InChI is InChI=1S/C27H28ClN5O/c28-22-16-30-26(33-23-8-3-6-19-5-1-2-7-20(19)23)15-21(22)24-9-4-10-25(32-24)31-18-27(17-29)11-13-34-14-12-27/h1-2,4-5,7,9-10,15-16,23H,3,6,8,11-14,18H2,(H,30,33)(H,31,32)/t23-/m1/s1. The van der Waals surface area contributed by atoms with Gasteiger partial charge in [-0.15, -0.1) is 0 Å². The van der Waals surface area contributed by atoms with Gasteiger partial charge in [0, 0.05) is 31.5 Å². The average Bonchev–Trinajstić information content (AvgIpc) is 2.89. The molecule has 7 heteroatoms. The molecular formula is C27H28ClN5O. The van der Waals surface area contributed by atoms with Gasteiger partial charge in [0.25, 0.3) is 0 Å². The second-order valence-electron chi connectivity index (χ2n) is 9.10. The molecule has 1 saturated heterocycles. The summed E-state index contributed by atoms with van der Waals surface area (Å²) in [7, 11) is 0. The van der Waals surface area contributed by atoms with Crippen LogP contribution in [-0.2, 0) is 11.2 Å². The summed E-state index contributed by atoms with van der Waals surface area (Å²) in [6.45, 7) is 1.79. The van der Waals surface area contributed by atoms with Crippen molar-refractivity contribution in [2.45, 2.75) is 38.1 Å². The molecule has 0 radical (unpaired) electrons. The fourth-order valence-corrected chi connectivity index (χ4v) is 5.03. The van der Waals surface area contributed by atoms with Gasteiger partial charge in [-0.3, -0.25) is 0 Å². The lowest BCUT2D eigenvalue weighted by Gasteiger charge is -2.30. The molecule has 0 spiro atoms. The van der Waals surface area contributed by atoms with E-state index in [0.717, 1.165) is 55.0 Å². The van der Waals surface area contributed by atoms with Gasteiger partial charge in [-0.25, -0.2) is 9.97 Å². The van der Waals surface area contributed by atoms with E-state index in [1.165, 1.54) is 11.1 Å². The smallest absolute Gasteiger partial charge is 0.127 e. The first-order chi connectivity index (χ1) is 16.7. The fraction of sp³-hybridized carbons (Fsp3) is 0.370. The number of aromatic nitrogens is 2. The van der Waals surface area contributed by atoms with Crippen molar-refractivity contribution >= 4 is 23.2 Å². The third kappa shape index (κ3) is 4.86. The van der Waals surface area contributed by atoms with Crippen LogP contribution in [0.15, 0.2) is 54.7 Å². The minimum absolute atomic E-state index is 0.231. The Morgan fingerprint density at radius 3 is 2.82 bits per heavy atom. The van der Waals surface area contributed by atoms with Crippen LogP contribution in [0, 0.1) is 16.7 Å². The molecule has 3 heterocycles. The Kier molecular flexibility index (Phi) is 6.66. The minimum Gasteiger partial charge on any atom is -0.381 e. The van der Waals surface area contributed by atoms with Crippen molar-refractivity contribution < 1.29 is 4.74 Å². The quantitative estimate of drug-likeness (QED) is 0.455. The van der Waals surface area contributed by atoms with Crippen LogP contribution in [0.4, 0.5) is 11.6 Å². The molecule has 1 atom stereocenters. The monoisotopic (exact) mass is 473 g/mol. The van der Waals surface area contributed by atoms with Crippen molar-refractivity contribution in [2.24, 2.45) is 5.41 Å². The van der Waals surface area contributed by atoms with E-state index in [1.54, 1.807) is 6.20 Å². The SMILES string of the molecule is N#CC1(CNc2cccc(-c3cc(N[C@@H]4CCCc5ccccc54)ncc3Cl)n2)CCOCC1. The first kappa shape index (κ1) is 22.6. The summed E-state index contributed by atoms with van der Waals surface area (Å²) >= 11 is 6.54. The summed E-state index contributed by atoms with van der Waals surface area (Å²) in [5, 5.41) is 17.2. The minimum atomic E-state index is -0.419. The second kappa shape index (κ2) is 10.0. The van der Waals surface area contributed by atoms with Gasteiger partial charge in [-0.05, 0) is 61.4 Å². The van der Waals surface area contributed by atoms with E-state index in [4.69, 9.17) is 21.3 Å². The molecule has 1 aliphatic carbocycles. The molecule has 0 unspecified atom stereocenters. The van der Waals surface area contributed by atoms with Gasteiger partial charge in [0.1, 0.15) is 11.6 Å². The molecule has 1 aromatic carbocycles. The number of anilines is 2. The van der Waals surface area contributed by atoms with E-state index in [0.29, 0.717) is 24.8 Å². The molecule has 174 valence electrons. The lowest BCUT2D eigenvalue weighted by Crippen LogP contribution is -2.34. The molecule has 2 N–H and O–H groups in total. The molecule has 1 fully saturated rings. The van der Waals surface area contributed by atoms with Crippen LogP contribution in [0.5, 0.6) is 0 Å². The molecule has 5 rings (SSSR count). The van der Waals surface area contributed by atoms with Crippen LogP contribution < -0.4 is 10.6 Å². The average molecular weight is 474 g/mol. The van der Waals surface area contributed by atoms with E-state index < -0.39 is 5.41 Å². The summed E-state index contributed by atoms with van der Waals surface area (Å²) < 4.78 is 5.43. The zero-order valence-corrected chi connectivity index (χ0v) is 19.8. The molecule has 0 bridgehead atoms. The van der Waals surface area contributed by atoms with Crippen LogP contribution >= 0.6 is 11.6 Å². The summed E-state index contributed by atoms with van der Waals surface area (Å²) in [6, 6.07) is 19.1. The fourth-order valence-electron chi connectivity index (χ4n) is 4.83. The van der Waals surface area contributed by atoms with Crippen molar-refractivity contribution in [3.8, 4) is 17.3 Å². The van der Waals surface area contributed by atoms with Crippen LogP contribution in [0.25, 0.3) is 11.3 Å². The molecule has 2 aromatic heterocycles. The number of nitrogens with zero attached hydrogens (tertiary/aromatic N) is 3. The molecule has 3 aromatic rings. The largest absolute Gasteiger partial charge is 0.381 e. The number of ether oxygens (including phenoxy) is 1. The van der Waals surface area contributed by atoms with Gasteiger partial charge >= 0.3 is 0 Å². The number of hydrogen-bond acceptors (Lipinski definition) is 6.